The predicted octanol–water partition coefficient (Wildman–Crippen LogP) is 2.30. The van der Waals surface area contributed by atoms with Gasteiger partial charge in [-0.2, -0.15) is 0 Å². The van der Waals surface area contributed by atoms with Crippen molar-refractivity contribution in [3.8, 4) is 0 Å². The van der Waals surface area contributed by atoms with Crippen LogP contribution in [0.25, 0.3) is 0 Å². The third kappa shape index (κ3) is 5.32. The molecule has 1 aliphatic heterocycles. The number of sulfonamides is 1. The molecule has 0 spiro atoms. The summed E-state index contributed by atoms with van der Waals surface area (Å²) in [6.07, 6.45) is 0.583. The predicted molar refractivity (Wildman–Crippen MR) is 110 cm³/mol. The largest absolute Gasteiger partial charge is 0.340 e. The number of piperazine rings is 1. The lowest BCUT2D eigenvalue weighted by Gasteiger charge is -2.26. The number of halogens is 2. The summed E-state index contributed by atoms with van der Waals surface area (Å²) in [6, 6.07) is 4.75. The first-order chi connectivity index (χ1) is 12.4. The van der Waals surface area contributed by atoms with Crippen LogP contribution in [0.5, 0.6) is 0 Å². The number of amides is 1. The number of aromatic nitrogens is 1. The van der Waals surface area contributed by atoms with Crippen molar-refractivity contribution in [1.82, 2.24) is 15.2 Å². The van der Waals surface area contributed by atoms with E-state index in [9.17, 15) is 13.2 Å². The second-order valence-corrected chi connectivity index (χ2v) is 8.84. The Morgan fingerprint density at radius 3 is 2.93 bits per heavy atom. The zero-order valence-corrected chi connectivity index (χ0v) is 17.8. The normalized spacial score (nSPS) is 14.7. The molecular formula is C16H20Cl2N4O3S2. The van der Waals surface area contributed by atoms with Gasteiger partial charge in [-0.15, -0.1) is 23.7 Å². The fourth-order valence-corrected chi connectivity index (χ4v) is 5.15. The minimum absolute atomic E-state index is 0. The number of nitrogens with one attached hydrogen (secondary N) is 2. The van der Waals surface area contributed by atoms with E-state index in [1.807, 2.05) is 0 Å². The molecule has 1 aliphatic rings. The molecule has 0 unspecified atom stereocenters. The fraction of sp³-hybridized carbons (Fsp3) is 0.375. The zero-order chi connectivity index (χ0) is 18.7. The molecule has 2 heterocycles. The molecule has 3 rings (SSSR count). The summed E-state index contributed by atoms with van der Waals surface area (Å²) >= 11 is 7.23. The molecule has 1 saturated heterocycles. The average molecular weight is 451 g/mol. The van der Waals surface area contributed by atoms with Gasteiger partial charge >= 0.3 is 0 Å². The van der Waals surface area contributed by atoms with E-state index in [0.717, 1.165) is 12.2 Å². The Bertz CT molecular complexity index is 918. The molecule has 0 aliphatic carbocycles. The molecule has 0 saturated carbocycles. The van der Waals surface area contributed by atoms with E-state index in [1.165, 1.54) is 17.4 Å². The average Bonchev–Trinajstić information content (AvgIpc) is 3.03. The topological polar surface area (TPSA) is 91.4 Å². The third-order valence-electron chi connectivity index (χ3n) is 4.11. The van der Waals surface area contributed by atoms with Crippen molar-refractivity contribution in [3.63, 3.8) is 0 Å². The van der Waals surface area contributed by atoms with Gasteiger partial charge in [0.15, 0.2) is 5.13 Å². The van der Waals surface area contributed by atoms with Crippen LogP contribution < -0.4 is 10.0 Å². The van der Waals surface area contributed by atoms with Crippen LogP contribution in [0.1, 0.15) is 11.3 Å². The van der Waals surface area contributed by atoms with Crippen molar-refractivity contribution in [2.75, 3.05) is 30.9 Å². The Kier molecular flexibility index (Phi) is 7.47. The van der Waals surface area contributed by atoms with Crippen molar-refractivity contribution >= 4 is 56.4 Å². The first-order valence-corrected chi connectivity index (χ1v) is 10.8. The van der Waals surface area contributed by atoms with Gasteiger partial charge in [0.1, 0.15) is 0 Å². The van der Waals surface area contributed by atoms with Crippen LogP contribution in [0.15, 0.2) is 28.5 Å². The summed E-state index contributed by atoms with van der Waals surface area (Å²) in [5, 5.41) is 5.52. The molecule has 11 heteroatoms. The van der Waals surface area contributed by atoms with Crippen molar-refractivity contribution in [1.29, 1.82) is 0 Å². The Labute approximate surface area is 173 Å². The number of carbonyl (C=O) groups excluding carboxylic acids is 1. The number of rotatable bonds is 6. The zero-order valence-electron chi connectivity index (χ0n) is 14.6. The van der Waals surface area contributed by atoms with E-state index in [0.29, 0.717) is 41.8 Å². The molecule has 1 amide bonds. The highest BCUT2D eigenvalue weighted by atomic mass is 35.5. The van der Waals surface area contributed by atoms with Crippen molar-refractivity contribution < 1.29 is 13.2 Å². The monoisotopic (exact) mass is 450 g/mol. The number of thiazole rings is 1. The molecule has 148 valence electrons. The summed E-state index contributed by atoms with van der Waals surface area (Å²) < 4.78 is 27.6. The van der Waals surface area contributed by atoms with Gasteiger partial charge in [0.05, 0.1) is 17.1 Å². The van der Waals surface area contributed by atoms with Gasteiger partial charge in [-0.25, -0.2) is 13.4 Å². The van der Waals surface area contributed by atoms with Crippen LogP contribution in [0.2, 0.25) is 5.02 Å². The standard InChI is InChI=1S/C16H19ClN4O3S2.ClH/c1-11-13(17)3-2-4-14(11)26(23,24)20-16-19-12(10-25-16)5-7-21-8-6-18-9-15(21)22;/h2-4,10,18H,5-9H2,1H3,(H,19,20);1H. The lowest BCUT2D eigenvalue weighted by Crippen LogP contribution is -2.48. The number of nitrogens with zero attached hydrogens (tertiary/aromatic N) is 2. The van der Waals surface area contributed by atoms with Crippen molar-refractivity contribution in [2.45, 2.75) is 18.2 Å². The Balaban J connectivity index is 0.00000261. The van der Waals surface area contributed by atoms with E-state index < -0.39 is 10.0 Å². The number of carbonyl (C=O) groups is 1. The molecule has 27 heavy (non-hydrogen) atoms. The van der Waals surface area contributed by atoms with E-state index in [-0.39, 0.29) is 23.2 Å². The molecular weight excluding hydrogens is 431 g/mol. The number of hydrogen-bond acceptors (Lipinski definition) is 6. The molecule has 2 aromatic rings. The Hall–Kier alpha value is -1.39. The van der Waals surface area contributed by atoms with Crippen LogP contribution in [0.4, 0.5) is 5.13 Å². The number of anilines is 1. The molecule has 1 aromatic heterocycles. The maximum atomic E-state index is 12.6. The second kappa shape index (κ2) is 9.20. The van der Waals surface area contributed by atoms with Gasteiger partial charge in [-0.3, -0.25) is 9.52 Å². The van der Waals surface area contributed by atoms with Gasteiger partial charge < -0.3 is 10.2 Å². The van der Waals surface area contributed by atoms with Gasteiger partial charge in [-0.05, 0) is 24.6 Å². The highest BCUT2D eigenvalue weighted by molar-refractivity contribution is 7.93. The number of benzene rings is 1. The fourth-order valence-electron chi connectivity index (χ4n) is 2.65. The SMILES string of the molecule is Cc1c(Cl)cccc1S(=O)(=O)Nc1nc(CCN2CCNCC2=O)cs1.Cl. The van der Waals surface area contributed by atoms with E-state index >= 15 is 0 Å². The molecule has 2 N–H and O–H groups in total. The molecule has 0 bridgehead atoms. The smallest absolute Gasteiger partial charge is 0.263 e. The van der Waals surface area contributed by atoms with Gasteiger partial charge in [0, 0.05) is 36.5 Å². The summed E-state index contributed by atoms with van der Waals surface area (Å²) in [4.78, 5) is 18.0. The van der Waals surface area contributed by atoms with E-state index in [2.05, 4.69) is 15.0 Å². The quantitative estimate of drug-likeness (QED) is 0.704. The minimum atomic E-state index is -3.76. The first kappa shape index (κ1) is 21.9. The maximum Gasteiger partial charge on any atom is 0.263 e. The first-order valence-electron chi connectivity index (χ1n) is 8.07. The van der Waals surface area contributed by atoms with Gasteiger partial charge in [0.25, 0.3) is 10.0 Å². The molecule has 0 radical (unpaired) electrons. The highest BCUT2D eigenvalue weighted by Gasteiger charge is 2.21. The molecule has 1 aromatic carbocycles. The molecule has 7 nitrogen and oxygen atoms in total. The van der Waals surface area contributed by atoms with Crippen LogP contribution in [0.3, 0.4) is 0 Å². The van der Waals surface area contributed by atoms with E-state index in [4.69, 9.17) is 11.6 Å². The maximum absolute atomic E-state index is 12.6. The summed E-state index contributed by atoms with van der Waals surface area (Å²) in [7, 11) is -3.76. The highest BCUT2D eigenvalue weighted by Crippen LogP contribution is 2.26. The summed E-state index contributed by atoms with van der Waals surface area (Å²) in [6.45, 7) is 4.06. The Morgan fingerprint density at radius 1 is 1.41 bits per heavy atom. The van der Waals surface area contributed by atoms with Crippen LogP contribution in [0, 0.1) is 6.92 Å². The Morgan fingerprint density at radius 2 is 2.19 bits per heavy atom. The second-order valence-electron chi connectivity index (χ2n) is 5.92. The summed E-state index contributed by atoms with van der Waals surface area (Å²) in [5.74, 6) is 0.0730. The van der Waals surface area contributed by atoms with Gasteiger partial charge in [-0.1, -0.05) is 17.7 Å². The van der Waals surface area contributed by atoms with Crippen LogP contribution in [-0.4, -0.2) is 50.4 Å². The molecule has 0 atom stereocenters. The third-order valence-corrected chi connectivity index (χ3v) is 6.93. The lowest BCUT2D eigenvalue weighted by molar-refractivity contribution is -0.131. The van der Waals surface area contributed by atoms with Gasteiger partial charge in [0.2, 0.25) is 5.91 Å². The van der Waals surface area contributed by atoms with E-state index in [1.54, 1.807) is 29.3 Å². The van der Waals surface area contributed by atoms with Crippen molar-refractivity contribution in [2.24, 2.45) is 0 Å². The molecule has 1 fully saturated rings. The van der Waals surface area contributed by atoms with Crippen molar-refractivity contribution in [3.05, 3.63) is 39.9 Å². The number of hydrogen-bond donors (Lipinski definition) is 2. The van der Waals surface area contributed by atoms with Crippen LogP contribution in [-0.2, 0) is 21.2 Å². The summed E-state index contributed by atoms with van der Waals surface area (Å²) in [5.41, 5.74) is 1.25. The minimum Gasteiger partial charge on any atom is -0.340 e. The lowest BCUT2D eigenvalue weighted by atomic mass is 10.2. The van der Waals surface area contributed by atoms with Crippen LogP contribution >= 0.6 is 35.3 Å².